The van der Waals surface area contributed by atoms with Crippen molar-refractivity contribution in [3.8, 4) is 5.75 Å². The zero-order valence-corrected chi connectivity index (χ0v) is 12.0. The van der Waals surface area contributed by atoms with Gasteiger partial charge in [0.05, 0.1) is 0 Å². The van der Waals surface area contributed by atoms with Crippen LogP contribution in [-0.4, -0.2) is 16.0 Å². The quantitative estimate of drug-likeness (QED) is 0.877. The third-order valence-electron chi connectivity index (χ3n) is 3.20. The molecule has 1 atom stereocenters. The SMILES string of the molecule is CCC(N)Cc1cc(C)ccc1OCc1ncccn1. The van der Waals surface area contributed by atoms with Gasteiger partial charge in [-0.1, -0.05) is 24.6 Å². The van der Waals surface area contributed by atoms with Crippen LogP contribution >= 0.6 is 0 Å². The molecular weight excluding hydrogens is 250 g/mol. The first-order valence-electron chi connectivity index (χ1n) is 6.93. The van der Waals surface area contributed by atoms with Gasteiger partial charge in [0.2, 0.25) is 0 Å². The molecular formula is C16H21N3O. The van der Waals surface area contributed by atoms with Crippen LogP contribution in [-0.2, 0) is 13.0 Å². The van der Waals surface area contributed by atoms with E-state index in [9.17, 15) is 0 Å². The molecule has 0 aliphatic carbocycles. The number of aryl methyl sites for hydroxylation is 1. The van der Waals surface area contributed by atoms with Crippen LogP contribution in [0.1, 0.15) is 30.3 Å². The summed E-state index contributed by atoms with van der Waals surface area (Å²) in [7, 11) is 0. The standard InChI is InChI=1S/C16H21N3O/c1-3-14(17)10-13-9-12(2)5-6-15(13)20-11-16-18-7-4-8-19-16/h4-9,14H,3,10-11,17H2,1-2H3. The Morgan fingerprint density at radius 3 is 2.70 bits per heavy atom. The van der Waals surface area contributed by atoms with Crippen molar-refractivity contribution in [2.45, 2.75) is 39.3 Å². The minimum atomic E-state index is 0.159. The maximum atomic E-state index is 6.05. The molecule has 0 fully saturated rings. The van der Waals surface area contributed by atoms with E-state index in [1.165, 1.54) is 5.56 Å². The lowest BCUT2D eigenvalue weighted by Crippen LogP contribution is -2.21. The molecule has 2 aromatic rings. The molecule has 20 heavy (non-hydrogen) atoms. The van der Waals surface area contributed by atoms with Gasteiger partial charge >= 0.3 is 0 Å². The molecule has 2 N–H and O–H groups in total. The zero-order chi connectivity index (χ0) is 14.4. The number of ether oxygens (including phenoxy) is 1. The second kappa shape index (κ2) is 7.01. The molecule has 2 rings (SSSR count). The second-order valence-electron chi connectivity index (χ2n) is 4.94. The van der Waals surface area contributed by atoms with Gasteiger partial charge in [0.15, 0.2) is 5.82 Å². The number of rotatable bonds is 6. The van der Waals surface area contributed by atoms with Gasteiger partial charge in [-0.15, -0.1) is 0 Å². The van der Waals surface area contributed by atoms with Crippen molar-refractivity contribution in [1.29, 1.82) is 0 Å². The van der Waals surface area contributed by atoms with Crippen LogP contribution in [0.25, 0.3) is 0 Å². The van der Waals surface area contributed by atoms with E-state index in [1.807, 2.05) is 12.1 Å². The van der Waals surface area contributed by atoms with Gasteiger partial charge in [-0.3, -0.25) is 0 Å². The number of benzene rings is 1. The smallest absolute Gasteiger partial charge is 0.166 e. The second-order valence-corrected chi connectivity index (χ2v) is 4.94. The van der Waals surface area contributed by atoms with Crippen molar-refractivity contribution < 1.29 is 4.74 Å². The fourth-order valence-corrected chi connectivity index (χ4v) is 1.98. The van der Waals surface area contributed by atoms with Gasteiger partial charge in [-0.25, -0.2) is 9.97 Å². The lowest BCUT2D eigenvalue weighted by molar-refractivity contribution is 0.292. The largest absolute Gasteiger partial charge is 0.485 e. The van der Waals surface area contributed by atoms with E-state index in [0.717, 1.165) is 24.2 Å². The van der Waals surface area contributed by atoms with Gasteiger partial charge in [-0.2, -0.15) is 0 Å². The predicted molar refractivity (Wildman–Crippen MR) is 79.5 cm³/mol. The monoisotopic (exact) mass is 271 g/mol. The fourth-order valence-electron chi connectivity index (χ4n) is 1.98. The first-order valence-corrected chi connectivity index (χ1v) is 6.93. The Balaban J connectivity index is 2.10. The molecule has 1 heterocycles. The van der Waals surface area contributed by atoms with Crippen LogP contribution < -0.4 is 10.5 Å². The van der Waals surface area contributed by atoms with Crippen molar-refractivity contribution in [2.24, 2.45) is 5.73 Å². The number of hydrogen-bond acceptors (Lipinski definition) is 4. The lowest BCUT2D eigenvalue weighted by Gasteiger charge is -2.15. The van der Waals surface area contributed by atoms with Gasteiger partial charge < -0.3 is 10.5 Å². The summed E-state index contributed by atoms with van der Waals surface area (Å²) >= 11 is 0. The van der Waals surface area contributed by atoms with E-state index in [1.54, 1.807) is 18.5 Å². The molecule has 0 aliphatic heterocycles. The normalized spacial score (nSPS) is 12.2. The third kappa shape index (κ3) is 4.03. The molecule has 1 aromatic carbocycles. The summed E-state index contributed by atoms with van der Waals surface area (Å²) in [6.07, 6.45) is 5.21. The maximum absolute atomic E-state index is 6.05. The predicted octanol–water partition coefficient (Wildman–Crippen LogP) is 2.64. The van der Waals surface area contributed by atoms with E-state index in [4.69, 9.17) is 10.5 Å². The maximum Gasteiger partial charge on any atom is 0.166 e. The first-order chi connectivity index (χ1) is 9.69. The summed E-state index contributed by atoms with van der Waals surface area (Å²) in [4.78, 5) is 8.31. The molecule has 0 spiro atoms. The highest BCUT2D eigenvalue weighted by Crippen LogP contribution is 2.22. The van der Waals surface area contributed by atoms with Crippen LogP contribution in [0.4, 0.5) is 0 Å². The van der Waals surface area contributed by atoms with Gasteiger partial charge in [0, 0.05) is 18.4 Å². The summed E-state index contributed by atoms with van der Waals surface area (Å²) in [6.45, 7) is 4.54. The highest BCUT2D eigenvalue weighted by atomic mass is 16.5. The Kier molecular flexibility index (Phi) is 5.07. The molecule has 0 aliphatic rings. The van der Waals surface area contributed by atoms with Gasteiger partial charge in [0.25, 0.3) is 0 Å². The summed E-state index contributed by atoms with van der Waals surface area (Å²) in [5, 5.41) is 0. The van der Waals surface area contributed by atoms with Crippen molar-refractivity contribution in [2.75, 3.05) is 0 Å². The molecule has 0 radical (unpaired) electrons. The van der Waals surface area contributed by atoms with E-state index >= 15 is 0 Å². The first kappa shape index (κ1) is 14.5. The Morgan fingerprint density at radius 1 is 1.25 bits per heavy atom. The average Bonchev–Trinajstić information content (AvgIpc) is 2.47. The Bertz CT molecular complexity index is 543. The molecule has 0 bridgehead atoms. The van der Waals surface area contributed by atoms with E-state index in [0.29, 0.717) is 12.4 Å². The molecule has 0 saturated carbocycles. The van der Waals surface area contributed by atoms with Crippen molar-refractivity contribution in [3.63, 3.8) is 0 Å². The van der Waals surface area contributed by atoms with Gasteiger partial charge in [-0.05, 0) is 37.5 Å². The van der Waals surface area contributed by atoms with Crippen LogP contribution in [0, 0.1) is 6.92 Å². The van der Waals surface area contributed by atoms with E-state index in [2.05, 4.69) is 29.9 Å². The zero-order valence-electron chi connectivity index (χ0n) is 12.0. The fraction of sp³-hybridized carbons (Fsp3) is 0.375. The van der Waals surface area contributed by atoms with Gasteiger partial charge in [0.1, 0.15) is 12.4 Å². The number of nitrogens with zero attached hydrogens (tertiary/aromatic N) is 2. The van der Waals surface area contributed by atoms with Crippen LogP contribution in [0.5, 0.6) is 5.75 Å². The highest BCUT2D eigenvalue weighted by Gasteiger charge is 2.09. The van der Waals surface area contributed by atoms with Crippen molar-refractivity contribution in [1.82, 2.24) is 9.97 Å². The molecule has 1 aromatic heterocycles. The van der Waals surface area contributed by atoms with Crippen molar-refractivity contribution >= 4 is 0 Å². The minimum Gasteiger partial charge on any atom is -0.485 e. The summed E-state index contributed by atoms with van der Waals surface area (Å²) < 4.78 is 5.84. The minimum absolute atomic E-state index is 0.159. The Hall–Kier alpha value is -1.94. The Morgan fingerprint density at radius 2 is 2.00 bits per heavy atom. The average molecular weight is 271 g/mol. The molecule has 0 amide bonds. The molecule has 4 nitrogen and oxygen atoms in total. The topological polar surface area (TPSA) is 61.0 Å². The molecule has 0 saturated heterocycles. The van der Waals surface area contributed by atoms with Crippen LogP contribution in [0.3, 0.4) is 0 Å². The summed E-state index contributed by atoms with van der Waals surface area (Å²) in [5.74, 6) is 1.55. The molecule has 1 unspecified atom stereocenters. The molecule has 4 heteroatoms. The van der Waals surface area contributed by atoms with E-state index in [-0.39, 0.29) is 6.04 Å². The molecule has 106 valence electrons. The summed E-state index contributed by atoms with van der Waals surface area (Å²) in [5.41, 5.74) is 8.41. The van der Waals surface area contributed by atoms with Crippen molar-refractivity contribution in [3.05, 3.63) is 53.6 Å². The summed E-state index contributed by atoms with van der Waals surface area (Å²) in [6, 6.07) is 8.13. The number of aromatic nitrogens is 2. The third-order valence-corrected chi connectivity index (χ3v) is 3.20. The van der Waals surface area contributed by atoms with Crippen LogP contribution in [0.15, 0.2) is 36.7 Å². The lowest BCUT2D eigenvalue weighted by atomic mass is 10.0. The van der Waals surface area contributed by atoms with Crippen LogP contribution in [0.2, 0.25) is 0 Å². The number of hydrogen-bond donors (Lipinski definition) is 1. The Labute approximate surface area is 120 Å². The highest BCUT2D eigenvalue weighted by molar-refractivity contribution is 5.37. The van der Waals surface area contributed by atoms with E-state index < -0.39 is 0 Å². The number of nitrogens with two attached hydrogens (primary N) is 1.